The van der Waals surface area contributed by atoms with E-state index >= 15 is 0 Å². The molecule has 1 N–H and O–H groups in total. The van der Waals surface area contributed by atoms with E-state index in [9.17, 15) is 18.0 Å². The molecule has 0 spiro atoms. The van der Waals surface area contributed by atoms with Gasteiger partial charge in [-0.25, -0.2) is 0 Å². The molecule has 1 amide bonds. The normalized spacial score (nSPS) is 24.1. The molecular formula is C32H37ClF3N3O2. The highest BCUT2D eigenvalue weighted by Crippen LogP contribution is 2.57. The Kier molecular flexibility index (Phi) is 7.92. The number of hydrogen-bond donors (Lipinski definition) is 1. The molecule has 1 fully saturated rings. The number of halogens is 4. The molecule has 0 bridgehead atoms. The maximum atomic E-state index is 13.4. The third-order valence-corrected chi connectivity index (χ3v) is 9.58. The molecule has 5 rings (SSSR count). The molecule has 1 aromatic heterocycles. The molecule has 1 heterocycles. The van der Waals surface area contributed by atoms with Gasteiger partial charge in [0, 0.05) is 12.6 Å². The number of rotatable bonds is 7. The number of amides is 1. The fraction of sp³-hybridized carbons (Fsp3) is 0.500. The summed E-state index contributed by atoms with van der Waals surface area (Å²) in [5.41, 5.74) is 3.28. The smallest absolute Gasteiger partial charge is 0.435 e. The number of carbonyl (C=O) groups excluding carboxylic acids is 1. The number of nitrogens with one attached hydrogen (secondary N) is 1. The van der Waals surface area contributed by atoms with E-state index in [2.05, 4.69) is 56.3 Å². The first-order chi connectivity index (χ1) is 19.3. The van der Waals surface area contributed by atoms with Crippen LogP contribution in [0.3, 0.4) is 0 Å². The Morgan fingerprint density at radius 3 is 2.63 bits per heavy atom. The second-order valence-corrected chi connectivity index (χ2v) is 12.8. The lowest BCUT2D eigenvalue weighted by Crippen LogP contribution is -2.53. The van der Waals surface area contributed by atoms with Gasteiger partial charge in [0.25, 0.3) is 5.91 Å². The molecule has 0 radical (unpaired) electrons. The molecule has 5 nitrogen and oxygen atoms in total. The Balaban J connectivity index is 1.29. The number of aromatic nitrogens is 2. The first-order valence-corrected chi connectivity index (χ1v) is 14.6. The van der Waals surface area contributed by atoms with Gasteiger partial charge in [-0.1, -0.05) is 76.0 Å². The van der Waals surface area contributed by atoms with Gasteiger partial charge in [0.2, 0.25) is 5.88 Å². The average Bonchev–Trinajstić information content (AvgIpc) is 3.35. The zero-order chi connectivity index (χ0) is 29.6. The van der Waals surface area contributed by atoms with E-state index in [0.29, 0.717) is 18.4 Å². The van der Waals surface area contributed by atoms with Gasteiger partial charge in [-0.15, -0.1) is 0 Å². The lowest BCUT2D eigenvalue weighted by atomic mass is 9.49. The van der Waals surface area contributed by atoms with Gasteiger partial charge in [0.1, 0.15) is 0 Å². The summed E-state index contributed by atoms with van der Waals surface area (Å²) in [5.74, 6) is 0.292. The van der Waals surface area contributed by atoms with Crippen LogP contribution in [-0.4, -0.2) is 28.8 Å². The van der Waals surface area contributed by atoms with Crippen LogP contribution in [0.25, 0.3) is 5.69 Å². The van der Waals surface area contributed by atoms with Crippen molar-refractivity contribution in [1.29, 1.82) is 0 Å². The predicted octanol–water partition coefficient (Wildman–Crippen LogP) is 7.87. The van der Waals surface area contributed by atoms with E-state index in [4.69, 9.17) is 16.3 Å². The lowest BCUT2D eigenvalue weighted by Gasteiger charge is -2.55. The van der Waals surface area contributed by atoms with Crippen LogP contribution >= 0.6 is 11.6 Å². The Morgan fingerprint density at radius 2 is 1.93 bits per heavy atom. The average molecular weight is 588 g/mol. The van der Waals surface area contributed by atoms with Crippen molar-refractivity contribution < 1.29 is 22.7 Å². The minimum absolute atomic E-state index is 0.0345. The van der Waals surface area contributed by atoms with Crippen molar-refractivity contribution in [2.45, 2.75) is 77.3 Å². The summed E-state index contributed by atoms with van der Waals surface area (Å²) < 4.78 is 46.9. The van der Waals surface area contributed by atoms with Crippen LogP contribution in [0.4, 0.5) is 13.2 Å². The Hall–Kier alpha value is -3.00. The van der Waals surface area contributed by atoms with Gasteiger partial charge >= 0.3 is 6.18 Å². The third kappa shape index (κ3) is 5.72. The van der Waals surface area contributed by atoms with Gasteiger partial charge in [-0.3, -0.25) is 4.79 Å². The van der Waals surface area contributed by atoms with E-state index in [0.717, 1.165) is 42.9 Å². The second-order valence-electron chi connectivity index (χ2n) is 12.4. The van der Waals surface area contributed by atoms with E-state index in [1.807, 2.05) is 0 Å². The van der Waals surface area contributed by atoms with Crippen LogP contribution in [0.2, 0.25) is 5.02 Å². The first kappa shape index (κ1) is 29.5. The molecule has 220 valence electrons. The molecule has 2 aliphatic rings. The third-order valence-electron chi connectivity index (χ3n) is 9.26. The van der Waals surface area contributed by atoms with Gasteiger partial charge < -0.3 is 10.1 Å². The number of ether oxygens (including phenoxy) is 1. The van der Waals surface area contributed by atoms with Crippen molar-refractivity contribution in [3.8, 4) is 11.6 Å². The van der Waals surface area contributed by atoms with Crippen molar-refractivity contribution in [3.63, 3.8) is 0 Å². The Morgan fingerprint density at radius 1 is 1.17 bits per heavy atom. The van der Waals surface area contributed by atoms with E-state index in [-0.39, 0.29) is 27.4 Å². The number of para-hydroxylation sites is 1. The highest BCUT2D eigenvalue weighted by atomic mass is 35.5. The fourth-order valence-electron chi connectivity index (χ4n) is 7.11. The van der Waals surface area contributed by atoms with Crippen molar-refractivity contribution in [3.05, 3.63) is 75.9 Å². The van der Waals surface area contributed by atoms with Crippen molar-refractivity contribution in [2.24, 2.45) is 11.3 Å². The van der Waals surface area contributed by atoms with Crippen LogP contribution < -0.4 is 10.1 Å². The maximum absolute atomic E-state index is 13.4. The highest BCUT2D eigenvalue weighted by molar-refractivity contribution is 6.32. The summed E-state index contributed by atoms with van der Waals surface area (Å²) in [4.78, 5) is 12.9. The molecule has 3 atom stereocenters. The molecule has 9 heteroatoms. The summed E-state index contributed by atoms with van der Waals surface area (Å²) in [6.07, 6.45) is 0.595. The number of benzene rings is 2. The number of aryl methyl sites for hydroxylation is 1. The van der Waals surface area contributed by atoms with Crippen molar-refractivity contribution >= 4 is 17.5 Å². The largest absolute Gasteiger partial charge is 0.467 e. The van der Waals surface area contributed by atoms with Crippen LogP contribution in [-0.2, 0) is 22.8 Å². The molecule has 3 aromatic rings. The SMILES string of the molecule is CC(C)c1ccc2c(c1)CC[C@@H]1[C@](C)(CNC(=O)COc3cc(C(F)(F)F)nn3-c3ccccc3Cl)CCC[C@]21C. The Bertz CT molecular complexity index is 1440. The number of nitrogens with zero attached hydrogens (tertiary/aromatic N) is 2. The number of fused-ring (bicyclic) bond motifs is 3. The Labute approximate surface area is 244 Å². The quantitative estimate of drug-likeness (QED) is 0.306. The topological polar surface area (TPSA) is 56.1 Å². The summed E-state index contributed by atoms with van der Waals surface area (Å²) in [6.45, 7) is 9.11. The summed E-state index contributed by atoms with van der Waals surface area (Å²) in [6, 6.07) is 14.1. The summed E-state index contributed by atoms with van der Waals surface area (Å²) in [5, 5.41) is 6.89. The van der Waals surface area contributed by atoms with E-state index < -0.39 is 24.4 Å². The summed E-state index contributed by atoms with van der Waals surface area (Å²) in [7, 11) is 0. The van der Waals surface area contributed by atoms with Gasteiger partial charge in [0.05, 0.1) is 10.7 Å². The summed E-state index contributed by atoms with van der Waals surface area (Å²) >= 11 is 6.21. The van der Waals surface area contributed by atoms with Gasteiger partial charge in [0.15, 0.2) is 12.3 Å². The number of hydrogen-bond acceptors (Lipinski definition) is 3. The minimum atomic E-state index is -4.68. The molecule has 41 heavy (non-hydrogen) atoms. The first-order valence-electron chi connectivity index (χ1n) is 14.3. The van der Waals surface area contributed by atoms with Crippen LogP contribution in [0.15, 0.2) is 48.5 Å². The van der Waals surface area contributed by atoms with Crippen LogP contribution in [0.1, 0.15) is 81.7 Å². The molecule has 2 aliphatic carbocycles. The zero-order valence-corrected chi connectivity index (χ0v) is 24.7. The molecule has 0 unspecified atom stereocenters. The van der Waals surface area contributed by atoms with E-state index in [1.54, 1.807) is 18.2 Å². The number of carbonyl (C=O) groups is 1. The van der Waals surface area contributed by atoms with Crippen molar-refractivity contribution in [1.82, 2.24) is 15.1 Å². The minimum Gasteiger partial charge on any atom is -0.467 e. The highest BCUT2D eigenvalue weighted by Gasteiger charge is 2.51. The van der Waals surface area contributed by atoms with Crippen LogP contribution in [0, 0.1) is 11.3 Å². The maximum Gasteiger partial charge on any atom is 0.435 e. The van der Waals surface area contributed by atoms with Crippen LogP contribution in [0.5, 0.6) is 5.88 Å². The van der Waals surface area contributed by atoms with E-state index in [1.165, 1.54) is 22.8 Å². The van der Waals surface area contributed by atoms with Crippen molar-refractivity contribution in [2.75, 3.05) is 13.2 Å². The van der Waals surface area contributed by atoms with Gasteiger partial charge in [-0.05, 0) is 77.2 Å². The zero-order valence-electron chi connectivity index (χ0n) is 23.9. The second kappa shape index (κ2) is 11.0. The molecular weight excluding hydrogens is 551 g/mol. The molecule has 0 aliphatic heterocycles. The molecule has 2 aromatic carbocycles. The predicted molar refractivity (Wildman–Crippen MR) is 154 cm³/mol. The fourth-order valence-corrected chi connectivity index (χ4v) is 7.32. The standard InChI is InChI=1S/C32H37ClF3N3O2/c1-20(2)21-10-12-23-22(16-21)11-13-26-30(3,14-7-15-31(23,26)4)19-37-28(40)18-41-29-17-27(32(34,35)36)38-39(29)25-9-6-5-8-24(25)33/h5-6,8-10,12,16-17,20,26H,7,11,13-15,18-19H2,1-4H3,(H,37,40)/t26-,30+,31-/m1/s1. The number of alkyl halides is 3. The molecule has 1 saturated carbocycles. The lowest BCUT2D eigenvalue weighted by molar-refractivity contribution is -0.141. The van der Waals surface area contributed by atoms with Gasteiger partial charge in [-0.2, -0.15) is 23.0 Å². The monoisotopic (exact) mass is 587 g/mol. The molecule has 0 saturated heterocycles.